The lowest BCUT2D eigenvalue weighted by atomic mass is 9.93. The predicted octanol–water partition coefficient (Wildman–Crippen LogP) is 3.65. The van der Waals surface area contributed by atoms with E-state index in [4.69, 9.17) is 14.6 Å². The van der Waals surface area contributed by atoms with Gasteiger partial charge in [-0.15, -0.1) is 6.58 Å². The molecule has 19 heavy (non-hydrogen) atoms. The summed E-state index contributed by atoms with van der Waals surface area (Å²) in [4.78, 5) is 0. The molecular formula is C16H20O3. The molecular weight excluding hydrogens is 240 g/mol. The molecule has 0 radical (unpaired) electrons. The molecule has 1 saturated heterocycles. The molecule has 1 aromatic rings. The molecule has 1 N–H and O–H groups in total. The molecule has 3 atom stereocenters. The molecule has 0 amide bonds. The SMILES string of the molecule is C=C[C@@H]1C[C@H](C)C[C@H](/C=C\Oc2ccc(O)cc2)O1. The van der Waals surface area contributed by atoms with Crippen molar-refractivity contribution in [3.8, 4) is 11.5 Å². The van der Waals surface area contributed by atoms with Crippen LogP contribution in [0.15, 0.2) is 49.3 Å². The van der Waals surface area contributed by atoms with Crippen molar-refractivity contribution in [1.29, 1.82) is 0 Å². The number of hydrogen-bond acceptors (Lipinski definition) is 3. The molecule has 1 aliphatic rings. The number of phenols is 1. The van der Waals surface area contributed by atoms with Crippen LogP contribution < -0.4 is 4.74 Å². The maximum Gasteiger partial charge on any atom is 0.126 e. The van der Waals surface area contributed by atoms with E-state index >= 15 is 0 Å². The second-order valence-electron chi connectivity index (χ2n) is 4.97. The van der Waals surface area contributed by atoms with Crippen LogP contribution in [0.4, 0.5) is 0 Å². The zero-order valence-corrected chi connectivity index (χ0v) is 11.2. The largest absolute Gasteiger partial charge is 0.508 e. The van der Waals surface area contributed by atoms with E-state index in [0.717, 1.165) is 12.8 Å². The highest BCUT2D eigenvalue weighted by Crippen LogP contribution is 2.26. The van der Waals surface area contributed by atoms with E-state index in [1.54, 1.807) is 30.5 Å². The van der Waals surface area contributed by atoms with Crippen molar-refractivity contribution >= 4 is 0 Å². The highest BCUT2D eigenvalue weighted by molar-refractivity contribution is 5.30. The molecule has 3 nitrogen and oxygen atoms in total. The maximum atomic E-state index is 9.17. The number of rotatable bonds is 4. The molecule has 1 aromatic carbocycles. The van der Waals surface area contributed by atoms with Gasteiger partial charge in [-0.05, 0) is 49.1 Å². The average molecular weight is 260 g/mol. The summed E-state index contributed by atoms with van der Waals surface area (Å²) in [6, 6.07) is 6.62. The van der Waals surface area contributed by atoms with Crippen LogP contribution in [-0.2, 0) is 4.74 Å². The van der Waals surface area contributed by atoms with Gasteiger partial charge in [-0.2, -0.15) is 0 Å². The van der Waals surface area contributed by atoms with E-state index in [1.165, 1.54) is 0 Å². The Labute approximate surface area is 114 Å². The molecule has 102 valence electrons. The third kappa shape index (κ3) is 4.14. The van der Waals surface area contributed by atoms with Gasteiger partial charge in [-0.3, -0.25) is 0 Å². The van der Waals surface area contributed by atoms with E-state index < -0.39 is 0 Å². The Bertz CT molecular complexity index is 436. The first-order chi connectivity index (χ1) is 9.17. The van der Waals surface area contributed by atoms with Crippen LogP contribution in [0.3, 0.4) is 0 Å². The molecule has 0 spiro atoms. The monoisotopic (exact) mass is 260 g/mol. The summed E-state index contributed by atoms with van der Waals surface area (Å²) >= 11 is 0. The number of hydrogen-bond donors (Lipinski definition) is 1. The van der Waals surface area contributed by atoms with Crippen molar-refractivity contribution < 1.29 is 14.6 Å². The minimum atomic E-state index is 0.0730. The third-order valence-corrected chi connectivity index (χ3v) is 3.22. The van der Waals surface area contributed by atoms with Crippen LogP contribution >= 0.6 is 0 Å². The summed E-state index contributed by atoms with van der Waals surface area (Å²) in [6.07, 6.45) is 7.67. The molecule has 1 aliphatic heterocycles. The summed E-state index contributed by atoms with van der Waals surface area (Å²) in [5, 5.41) is 9.17. The zero-order chi connectivity index (χ0) is 13.7. The Morgan fingerprint density at radius 3 is 2.63 bits per heavy atom. The Hall–Kier alpha value is -1.74. The Morgan fingerprint density at radius 2 is 1.95 bits per heavy atom. The molecule has 3 heteroatoms. The first-order valence-electron chi connectivity index (χ1n) is 6.57. The van der Waals surface area contributed by atoms with Gasteiger partial charge in [0.2, 0.25) is 0 Å². The van der Waals surface area contributed by atoms with Crippen LogP contribution in [0.2, 0.25) is 0 Å². The zero-order valence-electron chi connectivity index (χ0n) is 11.2. The maximum absolute atomic E-state index is 9.17. The molecule has 1 fully saturated rings. The number of ether oxygens (including phenoxy) is 2. The number of phenolic OH excluding ortho intramolecular Hbond substituents is 1. The van der Waals surface area contributed by atoms with Crippen LogP contribution in [-0.4, -0.2) is 17.3 Å². The molecule has 2 rings (SSSR count). The molecule has 1 heterocycles. The van der Waals surface area contributed by atoms with Gasteiger partial charge in [0.05, 0.1) is 18.5 Å². The van der Waals surface area contributed by atoms with Gasteiger partial charge in [0.1, 0.15) is 11.5 Å². The minimum absolute atomic E-state index is 0.0730. The lowest BCUT2D eigenvalue weighted by Gasteiger charge is -2.30. The fourth-order valence-electron chi connectivity index (χ4n) is 2.23. The van der Waals surface area contributed by atoms with Gasteiger partial charge in [-0.25, -0.2) is 0 Å². The lowest BCUT2D eigenvalue weighted by Crippen LogP contribution is -2.29. The molecule has 0 aromatic heterocycles. The quantitative estimate of drug-likeness (QED) is 0.663. The number of benzene rings is 1. The first-order valence-corrected chi connectivity index (χ1v) is 6.57. The van der Waals surface area contributed by atoms with Gasteiger partial charge < -0.3 is 14.6 Å². The van der Waals surface area contributed by atoms with Gasteiger partial charge in [0.25, 0.3) is 0 Å². The summed E-state index contributed by atoms with van der Waals surface area (Å²) in [5.41, 5.74) is 0. The van der Waals surface area contributed by atoms with Gasteiger partial charge >= 0.3 is 0 Å². The summed E-state index contributed by atoms with van der Waals surface area (Å²) < 4.78 is 11.3. The smallest absolute Gasteiger partial charge is 0.126 e. The topological polar surface area (TPSA) is 38.7 Å². The second-order valence-corrected chi connectivity index (χ2v) is 4.97. The fraction of sp³-hybridized carbons (Fsp3) is 0.375. The van der Waals surface area contributed by atoms with Crippen molar-refractivity contribution in [2.75, 3.05) is 0 Å². The predicted molar refractivity (Wildman–Crippen MR) is 75.1 cm³/mol. The minimum Gasteiger partial charge on any atom is -0.508 e. The van der Waals surface area contributed by atoms with Crippen molar-refractivity contribution in [3.05, 3.63) is 49.3 Å². The van der Waals surface area contributed by atoms with Crippen molar-refractivity contribution in [2.45, 2.75) is 32.0 Å². The summed E-state index contributed by atoms with van der Waals surface area (Å²) in [5.74, 6) is 1.55. The van der Waals surface area contributed by atoms with Crippen LogP contribution in [0.5, 0.6) is 11.5 Å². The Morgan fingerprint density at radius 1 is 1.26 bits per heavy atom. The van der Waals surface area contributed by atoms with E-state index in [1.807, 2.05) is 12.2 Å². The molecule has 0 bridgehead atoms. The normalized spacial score (nSPS) is 27.3. The van der Waals surface area contributed by atoms with Gasteiger partial charge in [0.15, 0.2) is 0 Å². The van der Waals surface area contributed by atoms with Gasteiger partial charge in [-0.1, -0.05) is 13.0 Å². The highest BCUT2D eigenvalue weighted by Gasteiger charge is 2.23. The third-order valence-electron chi connectivity index (χ3n) is 3.22. The van der Waals surface area contributed by atoms with E-state index in [2.05, 4.69) is 13.5 Å². The van der Waals surface area contributed by atoms with Crippen LogP contribution in [0.1, 0.15) is 19.8 Å². The number of aromatic hydroxyl groups is 1. The first kappa shape index (κ1) is 13.7. The van der Waals surface area contributed by atoms with E-state index in [9.17, 15) is 0 Å². The fourth-order valence-corrected chi connectivity index (χ4v) is 2.23. The summed E-state index contributed by atoms with van der Waals surface area (Å²) in [6.45, 7) is 6.01. The lowest BCUT2D eigenvalue weighted by molar-refractivity contribution is -0.0193. The molecule has 0 saturated carbocycles. The van der Waals surface area contributed by atoms with E-state index in [-0.39, 0.29) is 18.0 Å². The van der Waals surface area contributed by atoms with Crippen LogP contribution in [0, 0.1) is 5.92 Å². The van der Waals surface area contributed by atoms with Crippen LogP contribution in [0.25, 0.3) is 0 Å². The van der Waals surface area contributed by atoms with Crippen molar-refractivity contribution in [2.24, 2.45) is 5.92 Å². The van der Waals surface area contributed by atoms with Crippen molar-refractivity contribution in [3.63, 3.8) is 0 Å². The van der Waals surface area contributed by atoms with Gasteiger partial charge in [0, 0.05) is 0 Å². The Kier molecular flexibility index (Phi) is 4.63. The standard InChI is InChI=1S/C16H20O3/c1-3-14-10-12(2)11-16(19-14)8-9-18-15-6-4-13(17)5-7-15/h3-9,12,14,16-17H,1,10-11H2,2H3/b9-8-/t12-,14+,16-/m0/s1. The molecule has 0 aliphatic carbocycles. The Balaban J connectivity index is 1.87. The second kappa shape index (κ2) is 6.43. The van der Waals surface area contributed by atoms with Crippen molar-refractivity contribution in [1.82, 2.24) is 0 Å². The summed E-state index contributed by atoms with van der Waals surface area (Å²) in [7, 11) is 0. The highest BCUT2D eigenvalue weighted by atomic mass is 16.5. The van der Waals surface area contributed by atoms with E-state index in [0.29, 0.717) is 11.7 Å². The molecule has 0 unspecified atom stereocenters. The average Bonchev–Trinajstić information content (AvgIpc) is 2.40.